The molecule has 0 atom stereocenters. The van der Waals surface area contributed by atoms with Gasteiger partial charge in [0.05, 0.1) is 13.7 Å². The molecule has 1 heterocycles. The molecule has 2 N–H and O–H groups in total. The Labute approximate surface area is 129 Å². The van der Waals surface area contributed by atoms with Crippen LogP contribution in [0, 0.1) is 0 Å². The Morgan fingerprint density at radius 1 is 1.32 bits per heavy atom. The predicted octanol–water partition coefficient (Wildman–Crippen LogP) is 2.18. The number of methoxy groups -OCH3 is 1. The molecule has 2 rings (SSSR count). The fraction of sp³-hybridized carbons (Fsp3) is 0.375. The van der Waals surface area contributed by atoms with Crippen molar-refractivity contribution in [3.05, 3.63) is 41.7 Å². The van der Waals surface area contributed by atoms with Crippen molar-refractivity contribution in [3.63, 3.8) is 0 Å². The highest BCUT2D eigenvalue weighted by atomic mass is 16.5. The van der Waals surface area contributed by atoms with Gasteiger partial charge in [0.15, 0.2) is 11.5 Å². The molecule has 0 radical (unpaired) electrons. The fourth-order valence-corrected chi connectivity index (χ4v) is 2.12. The number of carbonyl (C=O) groups is 1. The number of carbonyl (C=O) groups excluding carboxylic acids is 1. The second-order valence-electron chi connectivity index (χ2n) is 4.75. The third kappa shape index (κ3) is 4.25. The molecule has 0 bridgehead atoms. The van der Waals surface area contributed by atoms with Gasteiger partial charge in [-0.2, -0.15) is 5.10 Å². The van der Waals surface area contributed by atoms with Crippen LogP contribution in [0.5, 0.6) is 11.5 Å². The Morgan fingerprint density at radius 3 is 2.86 bits per heavy atom. The lowest BCUT2D eigenvalue weighted by Crippen LogP contribution is -2.25. The van der Waals surface area contributed by atoms with Crippen LogP contribution in [0.3, 0.4) is 0 Å². The zero-order chi connectivity index (χ0) is 15.8. The summed E-state index contributed by atoms with van der Waals surface area (Å²) in [6.07, 6.45) is 3.26. The number of benzene rings is 1. The lowest BCUT2D eigenvalue weighted by Gasteiger charge is -2.11. The van der Waals surface area contributed by atoms with Crippen LogP contribution < -0.4 is 14.8 Å². The van der Waals surface area contributed by atoms with Gasteiger partial charge in [0.1, 0.15) is 5.69 Å². The first-order chi connectivity index (χ1) is 10.7. The standard InChI is InChI=1S/C16H21N3O3/c1-3-22-15-11-12(6-7-14(15)21-2)5-4-9-17-16(20)13-8-10-18-19-13/h6-8,10-11H,3-5,9H2,1-2H3,(H,17,20)(H,18,19). The number of amides is 1. The Morgan fingerprint density at radius 2 is 2.18 bits per heavy atom. The van der Waals surface area contributed by atoms with E-state index in [1.54, 1.807) is 19.4 Å². The highest BCUT2D eigenvalue weighted by Crippen LogP contribution is 2.28. The number of aromatic nitrogens is 2. The van der Waals surface area contributed by atoms with Gasteiger partial charge in [0.25, 0.3) is 5.91 Å². The average Bonchev–Trinajstić information content (AvgIpc) is 3.06. The van der Waals surface area contributed by atoms with E-state index >= 15 is 0 Å². The van der Waals surface area contributed by atoms with E-state index < -0.39 is 0 Å². The van der Waals surface area contributed by atoms with E-state index in [0.717, 1.165) is 29.9 Å². The van der Waals surface area contributed by atoms with Crippen LogP contribution in [-0.2, 0) is 6.42 Å². The van der Waals surface area contributed by atoms with Gasteiger partial charge in [0.2, 0.25) is 0 Å². The predicted molar refractivity (Wildman–Crippen MR) is 83.4 cm³/mol. The van der Waals surface area contributed by atoms with Gasteiger partial charge in [0, 0.05) is 12.7 Å². The van der Waals surface area contributed by atoms with Crippen LogP contribution in [0.2, 0.25) is 0 Å². The Bertz CT molecular complexity index is 597. The molecule has 1 aromatic heterocycles. The molecule has 1 amide bonds. The van der Waals surface area contributed by atoms with Crippen LogP contribution >= 0.6 is 0 Å². The maximum Gasteiger partial charge on any atom is 0.269 e. The maximum atomic E-state index is 11.7. The smallest absolute Gasteiger partial charge is 0.269 e. The van der Waals surface area contributed by atoms with Crippen LogP contribution in [0.15, 0.2) is 30.5 Å². The van der Waals surface area contributed by atoms with Crippen molar-refractivity contribution in [2.75, 3.05) is 20.3 Å². The zero-order valence-corrected chi connectivity index (χ0v) is 12.9. The van der Waals surface area contributed by atoms with Crippen LogP contribution in [-0.4, -0.2) is 36.4 Å². The number of rotatable bonds is 8. The highest BCUT2D eigenvalue weighted by molar-refractivity contribution is 5.92. The van der Waals surface area contributed by atoms with Crippen molar-refractivity contribution in [2.24, 2.45) is 0 Å². The van der Waals surface area contributed by atoms with Gasteiger partial charge in [-0.15, -0.1) is 0 Å². The molecule has 118 valence electrons. The summed E-state index contributed by atoms with van der Waals surface area (Å²) in [5, 5.41) is 9.24. The molecule has 0 saturated heterocycles. The second-order valence-corrected chi connectivity index (χ2v) is 4.75. The third-order valence-corrected chi connectivity index (χ3v) is 3.20. The quantitative estimate of drug-likeness (QED) is 0.733. The van der Waals surface area contributed by atoms with Crippen molar-refractivity contribution in [2.45, 2.75) is 19.8 Å². The topological polar surface area (TPSA) is 76.2 Å². The van der Waals surface area contributed by atoms with Gasteiger partial charge in [-0.25, -0.2) is 0 Å². The number of aromatic amines is 1. The summed E-state index contributed by atoms with van der Waals surface area (Å²) >= 11 is 0. The summed E-state index contributed by atoms with van der Waals surface area (Å²) in [6, 6.07) is 7.55. The molecule has 0 aliphatic heterocycles. The van der Waals surface area contributed by atoms with Crippen molar-refractivity contribution >= 4 is 5.91 Å². The lowest BCUT2D eigenvalue weighted by molar-refractivity contribution is 0.0948. The van der Waals surface area contributed by atoms with E-state index in [1.165, 1.54) is 0 Å². The number of aryl methyl sites for hydroxylation is 1. The molecule has 0 unspecified atom stereocenters. The first-order valence-corrected chi connectivity index (χ1v) is 7.32. The molecule has 0 fully saturated rings. The summed E-state index contributed by atoms with van der Waals surface area (Å²) in [6.45, 7) is 3.14. The number of nitrogens with one attached hydrogen (secondary N) is 2. The van der Waals surface area contributed by atoms with Gasteiger partial charge in [-0.05, 0) is 43.5 Å². The van der Waals surface area contributed by atoms with E-state index in [1.807, 2.05) is 25.1 Å². The Balaban J connectivity index is 1.81. The molecule has 2 aromatic rings. The maximum absolute atomic E-state index is 11.7. The summed E-state index contributed by atoms with van der Waals surface area (Å²) in [5.74, 6) is 1.35. The summed E-state index contributed by atoms with van der Waals surface area (Å²) < 4.78 is 10.8. The molecular formula is C16H21N3O3. The Kier molecular flexibility index (Phi) is 5.82. The molecule has 6 nitrogen and oxygen atoms in total. The molecule has 0 saturated carbocycles. The number of ether oxygens (including phenoxy) is 2. The van der Waals surface area contributed by atoms with Gasteiger partial charge < -0.3 is 14.8 Å². The second kappa shape index (κ2) is 8.07. The van der Waals surface area contributed by atoms with Crippen LogP contribution in [0.1, 0.15) is 29.4 Å². The van der Waals surface area contributed by atoms with E-state index in [9.17, 15) is 4.79 Å². The zero-order valence-electron chi connectivity index (χ0n) is 12.9. The summed E-state index contributed by atoms with van der Waals surface area (Å²) in [4.78, 5) is 11.7. The normalized spacial score (nSPS) is 10.3. The van der Waals surface area contributed by atoms with Crippen molar-refractivity contribution in [1.82, 2.24) is 15.5 Å². The number of H-pyrrole nitrogens is 1. The molecular weight excluding hydrogens is 282 g/mol. The minimum Gasteiger partial charge on any atom is -0.493 e. The number of hydrogen-bond donors (Lipinski definition) is 2. The molecule has 22 heavy (non-hydrogen) atoms. The van der Waals surface area contributed by atoms with E-state index in [2.05, 4.69) is 15.5 Å². The van der Waals surface area contributed by atoms with Crippen molar-refractivity contribution < 1.29 is 14.3 Å². The molecule has 0 spiro atoms. The number of nitrogens with zero attached hydrogens (tertiary/aromatic N) is 1. The van der Waals surface area contributed by atoms with Crippen LogP contribution in [0.4, 0.5) is 0 Å². The molecule has 6 heteroatoms. The first-order valence-electron chi connectivity index (χ1n) is 7.32. The first kappa shape index (κ1) is 15.9. The van der Waals surface area contributed by atoms with Gasteiger partial charge in [-0.3, -0.25) is 9.89 Å². The van der Waals surface area contributed by atoms with E-state index in [-0.39, 0.29) is 5.91 Å². The number of hydrogen-bond acceptors (Lipinski definition) is 4. The van der Waals surface area contributed by atoms with E-state index in [4.69, 9.17) is 9.47 Å². The fourth-order valence-electron chi connectivity index (χ4n) is 2.12. The van der Waals surface area contributed by atoms with Crippen molar-refractivity contribution in [3.8, 4) is 11.5 Å². The lowest BCUT2D eigenvalue weighted by atomic mass is 10.1. The third-order valence-electron chi connectivity index (χ3n) is 3.20. The molecule has 0 aliphatic carbocycles. The Hall–Kier alpha value is -2.50. The summed E-state index contributed by atoms with van der Waals surface area (Å²) in [5.41, 5.74) is 1.63. The molecule has 0 aliphatic rings. The highest BCUT2D eigenvalue weighted by Gasteiger charge is 2.07. The largest absolute Gasteiger partial charge is 0.493 e. The SMILES string of the molecule is CCOc1cc(CCCNC(=O)c2ccn[nH]2)ccc1OC. The molecule has 1 aromatic carbocycles. The minimum atomic E-state index is -0.137. The van der Waals surface area contributed by atoms with Gasteiger partial charge >= 0.3 is 0 Å². The monoisotopic (exact) mass is 303 g/mol. The minimum absolute atomic E-state index is 0.137. The van der Waals surface area contributed by atoms with E-state index in [0.29, 0.717) is 18.8 Å². The average molecular weight is 303 g/mol. The van der Waals surface area contributed by atoms with Gasteiger partial charge in [-0.1, -0.05) is 6.07 Å². The van der Waals surface area contributed by atoms with Crippen molar-refractivity contribution in [1.29, 1.82) is 0 Å². The summed E-state index contributed by atoms with van der Waals surface area (Å²) in [7, 11) is 1.63. The van der Waals surface area contributed by atoms with Crippen LogP contribution in [0.25, 0.3) is 0 Å².